The average molecular weight is 408 g/mol. The number of nitrogens with zero attached hydrogens (tertiary/aromatic N) is 5. The van der Waals surface area contributed by atoms with E-state index in [0.29, 0.717) is 13.0 Å². The van der Waals surface area contributed by atoms with E-state index in [1.165, 1.54) is 5.69 Å². The first-order valence-corrected chi connectivity index (χ1v) is 10.8. The van der Waals surface area contributed by atoms with Gasteiger partial charge >= 0.3 is 0 Å². The number of thiazole rings is 1. The number of amides is 1. The molecular formula is C22H25N5OS. The molecule has 0 aliphatic carbocycles. The SMILES string of the molecule is Cc1nc(CC(=O)N2CCN(c3ccccc3)C[C@@H](Cc3cnccn3)C2)cs1. The molecule has 1 aliphatic heterocycles. The highest BCUT2D eigenvalue weighted by molar-refractivity contribution is 7.09. The van der Waals surface area contributed by atoms with Crippen molar-refractivity contribution < 1.29 is 4.79 Å². The molecule has 150 valence electrons. The molecule has 0 spiro atoms. The van der Waals surface area contributed by atoms with E-state index in [4.69, 9.17) is 0 Å². The maximum Gasteiger partial charge on any atom is 0.228 e. The molecule has 1 aromatic carbocycles. The number of para-hydroxylation sites is 1. The van der Waals surface area contributed by atoms with Gasteiger partial charge in [-0.25, -0.2) is 4.98 Å². The summed E-state index contributed by atoms with van der Waals surface area (Å²) in [6, 6.07) is 10.4. The van der Waals surface area contributed by atoms with Crippen LogP contribution in [0.4, 0.5) is 5.69 Å². The summed E-state index contributed by atoms with van der Waals surface area (Å²) in [7, 11) is 0. The first-order valence-electron chi connectivity index (χ1n) is 9.91. The fourth-order valence-corrected chi connectivity index (χ4v) is 4.43. The summed E-state index contributed by atoms with van der Waals surface area (Å²) in [5, 5.41) is 2.98. The summed E-state index contributed by atoms with van der Waals surface area (Å²) in [5.41, 5.74) is 3.03. The minimum absolute atomic E-state index is 0.148. The van der Waals surface area contributed by atoms with Gasteiger partial charge in [0.15, 0.2) is 0 Å². The fraction of sp³-hybridized carbons (Fsp3) is 0.364. The number of hydrogen-bond donors (Lipinski definition) is 0. The second-order valence-electron chi connectivity index (χ2n) is 7.42. The molecule has 3 heterocycles. The number of carbonyl (C=O) groups is 1. The molecule has 1 fully saturated rings. The monoisotopic (exact) mass is 407 g/mol. The molecule has 3 aromatic rings. The lowest BCUT2D eigenvalue weighted by Gasteiger charge is -2.25. The smallest absolute Gasteiger partial charge is 0.228 e. The minimum Gasteiger partial charge on any atom is -0.369 e. The van der Waals surface area contributed by atoms with Crippen LogP contribution in [0.1, 0.15) is 16.4 Å². The molecule has 1 atom stereocenters. The van der Waals surface area contributed by atoms with Gasteiger partial charge in [-0.1, -0.05) is 18.2 Å². The highest BCUT2D eigenvalue weighted by Crippen LogP contribution is 2.21. The molecule has 0 radical (unpaired) electrons. The molecule has 0 bridgehead atoms. The Hall–Kier alpha value is -2.80. The molecule has 1 amide bonds. The molecule has 1 aliphatic rings. The highest BCUT2D eigenvalue weighted by atomic mass is 32.1. The fourth-order valence-electron chi connectivity index (χ4n) is 3.82. The predicted octanol–water partition coefficient (Wildman–Crippen LogP) is 2.99. The van der Waals surface area contributed by atoms with Gasteiger partial charge < -0.3 is 9.80 Å². The Morgan fingerprint density at radius 3 is 2.72 bits per heavy atom. The molecular weight excluding hydrogens is 382 g/mol. The predicted molar refractivity (Wildman–Crippen MR) is 115 cm³/mol. The van der Waals surface area contributed by atoms with Crippen molar-refractivity contribution in [3.63, 3.8) is 0 Å². The number of aromatic nitrogens is 3. The van der Waals surface area contributed by atoms with Crippen LogP contribution in [0.3, 0.4) is 0 Å². The van der Waals surface area contributed by atoms with Gasteiger partial charge in [-0.15, -0.1) is 11.3 Å². The molecule has 1 saturated heterocycles. The third-order valence-corrected chi connectivity index (χ3v) is 6.01. The number of anilines is 1. The minimum atomic E-state index is 0.148. The van der Waals surface area contributed by atoms with Crippen molar-refractivity contribution >= 4 is 22.9 Å². The number of carbonyl (C=O) groups excluding carboxylic acids is 1. The van der Waals surface area contributed by atoms with E-state index < -0.39 is 0 Å². The van der Waals surface area contributed by atoms with Crippen LogP contribution in [0.25, 0.3) is 0 Å². The van der Waals surface area contributed by atoms with Gasteiger partial charge in [0.05, 0.1) is 22.8 Å². The normalized spacial score (nSPS) is 17.2. The third kappa shape index (κ3) is 5.17. The van der Waals surface area contributed by atoms with Crippen LogP contribution in [0.5, 0.6) is 0 Å². The molecule has 7 heteroatoms. The highest BCUT2D eigenvalue weighted by Gasteiger charge is 2.27. The summed E-state index contributed by atoms with van der Waals surface area (Å²) in [5.74, 6) is 0.435. The lowest BCUT2D eigenvalue weighted by Crippen LogP contribution is -2.37. The van der Waals surface area contributed by atoms with Crippen molar-refractivity contribution in [3.05, 3.63) is 70.7 Å². The maximum absolute atomic E-state index is 13.0. The summed E-state index contributed by atoms with van der Waals surface area (Å²) in [6.07, 6.45) is 6.42. The van der Waals surface area contributed by atoms with Crippen LogP contribution in [-0.2, 0) is 17.6 Å². The van der Waals surface area contributed by atoms with Crippen LogP contribution in [-0.4, -0.2) is 51.9 Å². The average Bonchev–Trinajstić information content (AvgIpc) is 3.03. The Morgan fingerprint density at radius 2 is 2.00 bits per heavy atom. The van der Waals surface area contributed by atoms with Crippen molar-refractivity contribution in [2.45, 2.75) is 19.8 Å². The quantitative estimate of drug-likeness (QED) is 0.651. The molecule has 2 aromatic heterocycles. The molecule has 29 heavy (non-hydrogen) atoms. The number of benzene rings is 1. The van der Waals surface area contributed by atoms with E-state index in [1.807, 2.05) is 29.5 Å². The Bertz CT molecular complexity index is 931. The zero-order valence-corrected chi connectivity index (χ0v) is 17.4. The Balaban J connectivity index is 1.51. The van der Waals surface area contributed by atoms with E-state index in [2.05, 4.69) is 44.1 Å². The zero-order valence-electron chi connectivity index (χ0n) is 16.6. The summed E-state index contributed by atoms with van der Waals surface area (Å²) < 4.78 is 0. The van der Waals surface area contributed by atoms with Crippen molar-refractivity contribution in [3.8, 4) is 0 Å². The van der Waals surface area contributed by atoms with Crippen molar-refractivity contribution in [1.29, 1.82) is 0 Å². The van der Waals surface area contributed by atoms with E-state index in [1.54, 1.807) is 23.7 Å². The summed E-state index contributed by atoms with van der Waals surface area (Å²) in [4.78, 5) is 30.5. The zero-order chi connectivity index (χ0) is 20.1. The van der Waals surface area contributed by atoms with E-state index in [-0.39, 0.29) is 11.8 Å². The molecule has 0 unspecified atom stereocenters. The van der Waals surface area contributed by atoms with Crippen LogP contribution in [0, 0.1) is 12.8 Å². The van der Waals surface area contributed by atoms with Crippen molar-refractivity contribution in [1.82, 2.24) is 19.9 Å². The molecule has 0 saturated carbocycles. The van der Waals surface area contributed by atoms with Crippen LogP contribution in [0.15, 0.2) is 54.3 Å². The van der Waals surface area contributed by atoms with E-state index in [0.717, 1.165) is 42.5 Å². The van der Waals surface area contributed by atoms with Gasteiger partial charge in [-0.3, -0.25) is 14.8 Å². The van der Waals surface area contributed by atoms with Gasteiger partial charge in [-0.2, -0.15) is 0 Å². The summed E-state index contributed by atoms with van der Waals surface area (Å²) >= 11 is 1.59. The summed E-state index contributed by atoms with van der Waals surface area (Å²) in [6.45, 7) is 5.12. The standard InChI is InChI=1S/C22H25N5OS/c1-17-25-20(16-29-17)12-22(28)27-10-9-26(21-5-3-2-4-6-21)14-18(15-27)11-19-13-23-7-8-24-19/h2-8,13,16,18H,9-12,14-15H2,1H3/t18-/m1/s1. The van der Waals surface area contributed by atoms with Crippen molar-refractivity contribution in [2.24, 2.45) is 5.92 Å². The lowest BCUT2D eigenvalue weighted by atomic mass is 10.0. The second kappa shape index (κ2) is 9.13. The van der Waals surface area contributed by atoms with Gasteiger partial charge in [0, 0.05) is 55.8 Å². The largest absolute Gasteiger partial charge is 0.369 e. The number of hydrogen-bond acceptors (Lipinski definition) is 6. The molecule has 0 N–H and O–H groups in total. The second-order valence-corrected chi connectivity index (χ2v) is 8.49. The maximum atomic E-state index is 13.0. The van der Waals surface area contributed by atoms with E-state index in [9.17, 15) is 4.79 Å². The van der Waals surface area contributed by atoms with Gasteiger partial charge in [0.25, 0.3) is 0 Å². The first-order chi connectivity index (χ1) is 14.2. The lowest BCUT2D eigenvalue weighted by molar-refractivity contribution is -0.130. The first kappa shape index (κ1) is 19.5. The topological polar surface area (TPSA) is 62.2 Å². The van der Waals surface area contributed by atoms with Crippen LogP contribution >= 0.6 is 11.3 Å². The van der Waals surface area contributed by atoms with Gasteiger partial charge in [0.1, 0.15) is 0 Å². The number of rotatable bonds is 5. The number of aryl methyl sites for hydroxylation is 1. The molecule has 4 rings (SSSR count). The van der Waals surface area contributed by atoms with Crippen molar-refractivity contribution in [2.75, 3.05) is 31.1 Å². The molecule has 6 nitrogen and oxygen atoms in total. The van der Waals surface area contributed by atoms with Gasteiger partial charge in [-0.05, 0) is 31.4 Å². The third-order valence-electron chi connectivity index (χ3n) is 5.18. The van der Waals surface area contributed by atoms with Crippen LogP contribution < -0.4 is 4.90 Å². The Morgan fingerprint density at radius 1 is 1.14 bits per heavy atom. The van der Waals surface area contributed by atoms with Gasteiger partial charge in [0.2, 0.25) is 5.91 Å². The Kier molecular flexibility index (Phi) is 6.14. The van der Waals surface area contributed by atoms with E-state index >= 15 is 0 Å². The Labute approximate surface area is 175 Å². The van der Waals surface area contributed by atoms with Crippen LogP contribution in [0.2, 0.25) is 0 Å².